The molecule has 2 aromatic carbocycles. The molecule has 0 saturated heterocycles. The molecule has 2 aromatic heterocycles. The van der Waals surface area contributed by atoms with Crippen LogP contribution in [0.25, 0.3) is 21.3 Å². The number of rotatable bonds is 6. The Kier molecular flexibility index (Phi) is 6.01. The van der Waals surface area contributed by atoms with E-state index in [9.17, 15) is 9.59 Å². The number of aromatic amines is 1. The number of H-pyrrole nitrogens is 1. The molecule has 4 rings (SSSR count). The van der Waals surface area contributed by atoms with Gasteiger partial charge in [-0.3, -0.25) is 9.59 Å². The third kappa shape index (κ3) is 4.17. The summed E-state index contributed by atoms with van der Waals surface area (Å²) >= 11 is 2.69. The molecule has 0 aliphatic rings. The SMILES string of the molecule is CCN(C(=O)CSc1nc2scc(-c3ccccc3)c2c(=O)[nH]1)c1cccc(C)c1. The fraction of sp³-hybridized carbons (Fsp3) is 0.174. The maximum Gasteiger partial charge on any atom is 0.260 e. The number of aromatic nitrogens is 2. The molecular formula is C23H21N3O2S2. The van der Waals surface area contributed by atoms with Crippen molar-refractivity contribution < 1.29 is 4.79 Å². The Labute approximate surface area is 182 Å². The lowest BCUT2D eigenvalue weighted by Gasteiger charge is -2.21. The van der Waals surface area contributed by atoms with E-state index >= 15 is 0 Å². The Bertz CT molecular complexity index is 1250. The van der Waals surface area contributed by atoms with E-state index in [0.29, 0.717) is 21.9 Å². The van der Waals surface area contributed by atoms with Crippen molar-refractivity contribution >= 4 is 44.9 Å². The molecule has 2 heterocycles. The van der Waals surface area contributed by atoms with Crippen LogP contribution in [0.3, 0.4) is 0 Å². The van der Waals surface area contributed by atoms with Gasteiger partial charge in [0.2, 0.25) is 5.91 Å². The van der Waals surface area contributed by atoms with Gasteiger partial charge in [0, 0.05) is 23.2 Å². The van der Waals surface area contributed by atoms with Crippen LogP contribution in [-0.4, -0.2) is 28.2 Å². The molecule has 0 unspecified atom stereocenters. The van der Waals surface area contributed by atoms with Gasteiger partial charge in [-0.2, -0.15) is 0 Å². The standard InChI is InChI=1S/C23H21N3O2S2/c1-3-26(17-11-7-8-15(2)12-17)19(27)14-30-23-24-21(28)20-18(13-29-22(20)25-23)16-9-5-4-6-10-16/h4-13H,3,14H2,1-2H3,(H,24,25,28). The molecule has 5 nitrogen and oxygen atoms in total. The summed E-state index contributed by atoms with van der Waals surface area (Å²) in [5, 5.41) is 3.01. The van der Waals surface area contributed by atoms with Crippen LogP contribution in [0.4, 0.5) is 5.69 Å². The Morgan fingerprint density at radius 3 is 2.70 bits per heavy atom. The minimum absolute atomic E-state index is 0.0213. The van der Waals surface area contributed by atoms with Crippen LogP contribution in [0.15, 0.2) is 69.9 Å². The van der Waals surface area contributed by atoms with Gasteiger partial charge in [-0.25, -0.2) is 4.98 Å². The van der Waals surface area contributed by atoms with E-state index in [2.05, 4.69) is 9.97 Å². The van der Waals surface area contributed by atoms with E-state index in [4.69, 9.17) is 0 Å². The monoisotopic (exact) mass is 435 g/mol. The van der Waals surface area contributed by atoms with Crippen molar-refractivity contribution in [1.82, 2.24) is 9.97 Å². The molecule has 0 radical (unpaired) electrons. The number of fused-ring (bicyclic) bond motifs is 1. The normalized spacial score (nSPS) is 11.0. The number of hydrogen-bond donors (Lipinski definition) is 1. The zero-order valence-electron chi connectivity index (χ0n) is 16.7. The fourth-order valence-corrected chi connectivity index (χ4v) is 5.08. The molecule has 7 heteroatoms. The lowest BCUT2D eigenvalue weighted by Crippen LogP contribution is -2.32. The fourth-order valence-electron chi connectivity index (χ4n) is 3.33. The van der Waals surface area contributed by atoms with E-state index < -0.39 is 0 Å². The zero-order valence-corrected chi connectivity index (χ0v) is 18.3. The van der Waals surface area contributed by atoms with Crippen LogP contribution < -0.4 is 10.5 Å². The van der Waals surface area contributed by atoms with Crippen LogP contribution >= 0.6 is 23.1 Å². The summed E-state index contributed by atoms with van der Waals surface area (Å²) in [6.07, 6.45) is 0. The largest absolute Gasteiger partial charge is 0.312 e. The molecule has 0 fully saturated rings. The van der Waals surface area contributed by atoms with E-state index in [-0.39, 0.29) is 17.2 Å². The Morgan fingerprint density at radius 2 is 1.97 bits per heavy atom. The number of anilines is 1. The predicted molar refractivity (Wildman–Crippen MR) is 126 cm³/mol. The highest BCUT2D eigenvalue weighted by atomic mass is 32.2. The first-order valence-corrected chi connectivity index (χ1v) is 11.5. The molecule has 152 valence electrons. The second-order valence-corrected chi connectivity index (χ2v) is 8.65. The molecule has 1 amide bonds. The van der Waals surface area contributed by atoms with Crippen molar-refractivity contribution in [2.75, 3.05) is 17.2 Å². The maximum atomic E-state index is 12.8. The van der Waals surface area contributed by atoms with Crippen molar-refractivity contribution in [2.24, 2.45) is 0 Å². The third-order valence-electron chi connectivity index (χ3n) is 4.77. The van der Waals surface area contributed by atoms with Gasteiger partial charge in [-0.05, 0) is 37.1 Å². The molecule has 0 aliphatic carbocycles. The number of amides is 1. The molecule has 0 aliphatic heterocycles. The summed E-state index contributed by atoms with van der Waals surface area (Å²) in [6, 6.07) is 17.7. The maximum absolute atomic E-state index is 12.8. The topological polar surface area (TPSA) is 66.1 Å². The zero-order chi connectivity index (χ0) is 21.1. The van der Waals surface area contributed by atoms with Crippen molar-refractivity contribution in [2.45, 2.75) is 19.0 Å². The molecule has 0 bridgehead atoms. The molecule has 0 spiro atoms. The number of thioether (sulfide) groups is 1. The Hall–Kier alpha value is -2.90. The van der Waals surface area contributed by atoms with Crippen molar-refractivity contribution in [3.05, 3.63) is 75.9 Å². The van der Waals surface area contributed by atoms with Gasteiger partial charge >= 0.3 is 0 Å². The number of thiophene rings is 1. The van der Waals surface area contributed by atoms with E-state index in [1.165, 1.54) is 23.1 Å². The highest BCUT2D eigenvalue weighted by Gasteiger charge is 2.17. The van der Waals surface area contributed by atoms with E-state index in [0.717, 1.165) is 22.4 Å². The predicted octanol–water partition coefficient (Wildman–Crippen LogP) is 5.11. The van der Waals surface area contributed by atoms with Gasteiger partial charge < -0.3 is 9.88 Å². The molecule has 1 N–H and O–H groups in total. The van der Waals surface area contributed by atoms with Gasteiger partial charge in [-0.15, -0.1) is 11.3 Å². The second kappa shape index (κ2) is 8.85. The summed E-state index contributed by atoms with van der Waals surface area (Å²) in [6.45, 7) is 4.54. The molecule has 4 aromatic rings. The Morgan fingerprint density at radius 1 is 1.17 bits per heavy atom. The molecule has 0 saturated carbocycles. The van der Waals surface area contributed by atoms with Crippen molar-refractivity contribution in [1.29, 1.82) is 0 Å². The minimum atomic E-state index is -0.180. The van der Waals surface area contributed by atoms with Crippen LogP contribution in [-0.2, 0) is 4.79 Å². The molecular weight excluding hydrogens is 414 g/mol. The average Bonchev–Trinajstić information content (AvgIpc) is 3.18. The number of nitrogens with one attached hydrogen (secondary N) is 1. The van der Waals surface area contributed by atoms with Crippen LogP contribution in [0.1, 0.15) is 12.5 Å². The van der Waals surface area contributed by atoms with Gasteiger partial charge in [0.25, 0.3) is 5.56 Å². The van der Waals surface area contributed by atoms with Crippen LogP contribution in [0.5, 0.6) is 0 Å². The average molecular weight is 436 g/mol. The molecule has 0 atom stereocenters. The molecule has 30 heavy (non-hydrogen) atoms. The number of hydrogen-bond acceptors (Lipinski definition) is 5. The summed E-state index contributed by atoms with van der Waals surface area (Å²) in [7, 11) is 0. The number of carbonyl (C=O) groups is 1. The number of benzene rings is 2. The number of nitrogens with zero attached hydrogens (tertiary/aromatic N) is 2. The lowest BCUT2D eigenvalue weighted by atomic mass is 10.1. The van der Waals surface area contributed by atoms with Crippen molar-refractivity contribution in [3.63, 3.8) is 0 Å². The van der Waals surface area contributed by atoms with Gasteiger partial charge in [-0.1, -0.05) is 54.2 Å². The first-order valence-electron chi connectivity index (χ1n) is 9.63. The summed E-state index contributed by atoms with van der Waals surface area (Å²) in [4.78, 5) is 35.4. The second-order valence-electron chi connectivity index (χ2n) is 6.83. The lowest BCUT2D eigenvalue weighted by molar-refractivity contribution is -0.116. The van der Waals surface area contributed by atoms with Crippen LogP contribution in [0.2, 0.25) is 0 Å². The highest BCUT2D eigenvalue weighted by molar-refractivity contribution is 7.99. The Balaban J connectivity index is 1.55. The first kappa shape index (κ1) is 20.4. The third-order valence-corrected chi connectivity index (χ3v) is 6.50. The van der Waals surface area contributed by atoms with Crippen molar-refractivity contribution in [3.8, 4) is 11.1 Å². The highest BCUT2D eigenvalue weighted by Crippen LogP contribution is 2.31. The quantitative estimate of drug-likeness (QED) is 0.338. The summed E-state index contributed by atoms with van der Waals surface area (Å²) < 4.78 is 0. The number of carbonyl (C=O) groups excluding carboxylic acids is 1. The summed E-state index contributed by atoms with van der Waals surface area (Å²) in [5.74, 6) is 0.180. The first-order chi connectivity index (χ1) is 14.6. The van der Waals surface area contributed by atoms with Gasteiger partial charge in [0.05, 0.1) is 11.1 Å². The summed E-state index contributed by atoms with van der Waals surface area (Å²) in [5.41, 5.74) is 3.68. The van der Waals surface area contributed by atoms with E-state index in [1.54, 1.807) is 4.90 Å². The van der Waals surface area contributed by atoms with Gasteiger partial charge in [0.15, 0.2) is 5.16 Å². The minimum Gasteiger partial charge on any atom is -0.312 e. The smallest absolute Gasteiger partial charge is 0.260 e. The van der Waals surface area contributed by atoms with E-state index in [1.807, 2.05) is 73.8 Å². The van der Waals surface area contributed by atoms with Gasteiger partial charge in [0.1, 0.15) is 4.83 Å². The van der Waals surface area contributed by atoms with Crippen LogP contribution in [0, 0.1) is 6.92 Å². The number of aryl methyl sites for hydroxylation is 1.